The Morgan fingerprint density at radius 2 is 1.89 bits per heavy atom. The summed E-state index contributed by atoms with van der Waals surface area (Å²) in [5.74, 6) is -0.955. The second-order valence-electron chi connectivity index (χ2n) is 3.88. The van der Waals surface area contributed by atoms with Crippen molar-refractivity contribution in [2.24, 2.45) is 0 Å². The van der Waals surface area contributed by atoms with Crippen molar-refractivity contribution in [1.82, 2.24) is 5.32 Å². The summed E-state index contributed by atoms with van der Waals surface area (Å²) >= 11 is 1.54. The number of rotatable bonds is 3. The molecule has 1 unspecified atom stereocenters. The number of carbonyl (C=O) groups excluding carboxylic acids is 1. The van der Waals surface area contributed by atoms with Crippen molar-refractivity contribution in [3.63, 3.8) is 0 Å². The maximum Gasteiger partial charge on any atom is 0.259 e. The fourth-order valence-corrected chi connectivity index (χ4v) is 2.37. The van der Waals surface area contributed by atoms with Crippen LogP contribution in [0.4, 0.5) is 0 Å². The summed E-state index contributed by atoms with van der Waals surface area (Å²) in [4.78, 5) is 13.0. The first-order chi connectivity index (χ1) is 8.59. The van der Waals surface area contributed by atoms with Crippen molar-refractivity contribution in [3.05, 3.63) is 46.2 Å². The molecule has 2 rings (SSSR count). The average molecular weight is 263 g/mol. The summed E-state index contributed by atoms with van der Waals surface area (Å²) in [6.45, 7) is 1.85. The van der Waals surface area contributed by atoms with Crippen LogP contribution in [0.25, 0.3) is 0 Å². The highest BCUT2D eigenvalue weighted by Gasteiger charge is 2.18. The van der Waals surface area contributed by atoms with Gasteiger partial charge in [-0.3, -0.25) is 4.79 Å². The topological polar surface area (TPSA) is 69.6 Å². The zero-order valence-corrected chi connectivity index (χ0v) is 10.6. The van der Waals surface area contributed by atoms with Gasteiger partial charge < -0.3 is 15.5 Å². The van der Waals surface area contributed by atoms with Crippen LogP contribution < -0.4 is 5.32 Å². The maximum atomic E-state index is 12.0. The van der Waals surface area contributed by atoms with Crippen LogP contribution in [0.15, 0.2) is 35.7 Å². The molecule has 0 aliphatic rings. The van der Waals surface area contributed by atoms with Gasteiger partial charge in [0.05, 0.1) is 6.04 Å². The quantitative estimate of drug-likeness (QED) is 0.797. The van der Waals surface area contributed by atoms with Crippen molar-refractivity contribution < 1.29 is 15.0 Å². The lowest BCUT2D eigenvalue weighted by Gasteiger charge is -2.13. The van der Waals surface area contributed by atoms with Gasteiger partial charge in [0.1, 0.15) is 17.1 Å². The van der Waals surface area contributed by atoms with Gasteiger partial charge in [-0.25, -0.2) is 0 Å². The fourth-order valence-electron chi connectivity index (χ4n) is 1.64. The second-order valence-corrected chi connectivity index (χ2v) is 4.86. The third-order valence-corrected chi connectivity index (χ3v) is 3.62. The van der Waals surface area contributed by atoms with Gasteiger partial charge in [-0.1, -0.05) is 12.1 Å². The normalized spacial score (nSPS) is 12.1. The third-order valence-electron chi connectivity index (χ3n) is 2.57. The van der Waals surface area contributed by atoms with E-state index in [9.17, 15) is 15.0 Å². The first-order valence-electron chi connectivity index (χ1n) is 5.45. The van der Waals surface area contributed by atoms with Gasteiger partial charge in [0.2, 0.25) is 0 Å². The Hall–Kier alpha value is -2.01. The Kier molecular flexibility index (Phi) is 3.53. The van der Waals surface area contributed by atoms with Crippen molar-refractivity contribution in [3.8, 4) is 11.5 Å². The molecule has 1 amide bonds. The molecule has 1 aromatic carbocycles. The van der Waals surface area contributed by atoms with Gasteiger partial charge in [-0.15, -0.1) is 11.3 Å². The Balaban J connectivity index is 2.18. The third kappa shape index (κ3) is 2.46. The van der Waals surface area contributed by atoms with Crippen molar-refractivity contribution in [1.29, 1.82) is 0 Å². The van der Waals surface area contributed by atoms with Crippen LogP contribution >= 0.6 is 11.3 Å². The smallest absolute Gasteiger partial charge is 0.259 e. The predicted octanol–water partition coefficient (Wildman–Crippen LogP) is 2.65. The summed E-state index contributed by atoms with van der Waals surface area (Å²) in [5.41, 5.74) is -0.0964. The Bertz CT molecular complexity index is 531. The number of thiophene rings is 1. The molecule has 0 aliphatic heterocycles. The molecule has 0 spiro atoms. The highest BCUT2D eigenvalue weighted by molar-refractivity contribution is 7.10. The van der Waals surface area contributed by atoms with Crippen LogP contribution in [-0.2, 0) is 0 Å². The minimum atomic E-state index is -0.494. The summed E-state index contributed by atoms with van der Waals surface area (Å²) in [6.07, 6.45) is 0. The van der Waals surface area contributed by atoms with E-state index in [4.69, 9.17) is 0 Å². The zero-order valence-electron chi connectivity index (χ0n) is 9.75. The lowest BCUT2D eigenvalue weighted by molar-refractivity contribution is 0.0935. The highest BCUT2D eigenvalue weighted by Crippen LogP contribution is 2.27. The van der Waals surface area contributed by atoms with Gasteiger partial charge >= 0.3 is 0 Å². The second kappa shape index (κ2) is 5.10. The lowest BCUT2D eigenvalue weighted by Crippen LogP contribution is -2.26. The molecule has 0 radical (unpaired) electrons. The van der Waals surface area contributed by atoms with E-state index >= 15 is 0 Å². The van der Waals surface area contributed by atoms with Crippen LogP contribution in [-0.4, -0.2) is 16.1 Å². The van der Waals surface area contributed by atoms with Gasteiger partial charge in [0.25, 0.3) is 5.91 Å². The van der Waals surface area contributed by atoms with E-state index in [2.05, 4.69) is 5.32 Å². The summed E-state index contributed by atoms with van der Waals surface area (Å²) in [5, 5.41) is 23.8. The summed E-state index contributed by atoms with van der Waals surface area (Å²) in [7, 11) is 0. The number of phenolic OH excluding ortho intramolecular Hbond substituents is 2. The number of hydrogen-bond donors (Lipinski definition) is 3. The molecule has 0 fully saturated rings. The first-order valence-corrected chi connectivity index (χ1v) is 6.32. The van der Waals surface area contributed by atoms with Gasteiger partial charge in [-0.2, -0.15) is 0 Å². The first kappa shape index (κ1) is 12.4. The van der Waals surface area contributed by atoms with Crippen LogP contribution in [0.3, 0.4) is 0 Å². The molecule has 2 aromatic rings. The number of nitrogens with one attached hydrogen (secondary N) is 1. The van der Waals surface area contributed by atoms with E-state index < -0.39 is 5.91 Å². The fraction of sp³-hybridized carbons (Fsp3) is 0.154. The van der Waals surface area contributed by atoms with Crippen LogP contribution in [0.1, 0.15) is 28.2 Å². The molecular formula is C13H13NO3S. The number of benzene rings is 1. The molecule has 94 valence electrons. The number of carbonyl (C=O) groups is 1. The van der Waals surface area contributed by atoms with E-state index in [-0.39, 0.29) is 23.1 Å². The molecule has 1 atom stereocenters. The standard InChI is InChI=1S/C13H13NO3S/c1-8(11-6-3-7-18-11)14-13(17)12-9(15)4-2-5-10(12)16/h2-8,15-16H,1H3,(H,14,17). The highest BCUT2D eigenvalue weighted by atomic mass is 32.1. The van der Waals surface area contributed by atoms with E-state index in [1.54, 1.807) is 0 Å². The average Bonchev–Trinajstić information content (AvgIpc) is 2.81. The summed E-state index contributed by atoms with van der Waals surface area (Å²) < 4.78 is 0. The maximum absolute atomic E-state index is 12.0. The molecule has 1 heterocycles. The number of phenols is 2. The van der Waals surface area contributed by atoms with E-state index in [0.29, 0.717) is 0 Å². The number of hydrogen-bond acceptors (Lipinski definition) is 4. The molecule has 1 aromatic heterocycles. The lowest BCUT2D eigenvalue weighted by atomic mass is 10.1. The Morgan fingerprint density at radius 1 is 1.22 bits per heavy atom. The van der Waals surface area contributed by atoms with Crippen LogP contribution in [0.5, 0.6) is 11.5 Å². The van der Waals surface area contributed by atoms with Gasteiger partial charge in [0.15, 0.2) is 0 Å². The molecular weight excluding hydrogens is 250 g/mol. The predicted molar refractivity (Wildman–Crippen MR) is 70.0 cm³/mol. The zero-order chi connectivity index (χ0) is 13.1. The molecule has 3 N–H and O–H groups in total. The van der Waals surface area contributed by atoms with E-state index in [1.165, 1.54) is 29.5 Å². The van der Waals surface area contributed by atoms with Crippen molar-refractivity contribution in [2.45, 2.75) is 13.0 Å². The van der Waals surface area contributed by atoms with Crippen molar-refractivity contribution in [2.75, 3.05) is 0 Å². The van der Waals surface area contributed by atoms with Gasteiger partial charge in [0, 0.05) is 4.88 Å². The van der Waals surface area contributed by atoms with Crippen LogP contribution in [0.2, 0.25) is 0 Å². The van der Waals surface area contributed by atoms with E-state index in [0.717, 1.165) is 4.88 Å². The molecule has 0 saturated carbocycles. The molecule has 4 nitrogen and oxygen atoms in total. The Labute approximate surface area is 109 Å². The molecule has 0 bridgehead atoms. The molecule has 18 heavy (non-hydrogen) atoms. The minimum absolute atomic E-state index is 0.0964. The monoisotopic (exact) mass is 263 g/mol. The Morgan fingerprint density at radius 3 is 2.44 bits per heavy atom. The van der Waals surface area contributed by atoms with E-state index in [1.807, 2.05) is 24.4 Å². The molecule has 0 aliphatic carbocycles. The molecule has 0 saturated heterocycles. The number of aromatic hydroxyl groups is 2. The molecule has 5 heteroatoms. The number of amides is 1. The minimum Gasteiger partial charge on any atom is -0.507 e. The van der Waals surface area contributed by atoms with Crippen LogP contribution in [0, 0.1) is 0 Å². The summed E-state index contributed by atoms with van der Waals surface area (Å²) in [6, 6.07) is 7.86. The largest absolute Gasteiger partial charge is 0.507 e. The van der Waals surface area contributed by atoms with Gasteiger partial charge in [-0.05, 0) is 30.5 Å². The SMILES string of the molecule is CC(NC(=O)c1c(O)cccc1O)c1cccs1. The van der Waals surface area contributed by atoms with Crippen molar-refractivity contribution >= 4 is 17.2 Å².